The third kappa shape index (κ3) is 3.08. The smallest absolute Gasteiger partial charge is 0.238 e. The minimum atomic E-state index is 0.0651. The summed E-state index contributed by atoms with van der Waals surface area (Å²) in [5, 5.41) is 9.13. The van der Waals surface area contributed by atoms with Crippen LogP contribution in [-0.2, 0) is 4.79 Å². The first-order valence-corrected chi connectivity index (χ1v) is 6.49. The molecule has 0 unspecified atom stereocenters. The molecule has 1 amide bonds. The topological polar surface area (TPSA) is 40.5 Å². The number of carbonyl (C=O) groups excluding carboxylic acids is 1. The summed E-state index contributed by atoms with van der Waals surface area (Å²) in [5.74, 6) is 0.760. The number of hydrogen-bond donors (Lipinski definition) is 1. The zero-order valence-electron chi connectivity index (χ0n) is 9.00. The van der Waals surface area contributed by atoms with Gasteiger partial charge in [0.05, 0.1) is 5.75 Å². The molecule has 1 aromatic carbocycles. The zero-order chi connectivity index (χ0) is 12.3. The molecule has 1 fully saturated rings. The van der Waals surface area contributed by atoms with Crippen LogP contribution in [0.4, 0.5) is 0 Å². The number of benzene rings is 1. The van der Waals surface area contributed by atoms with Crippen LogP contribution in [0.15, 0.2) is 30.3 Å². The largest absolute Gasteiger partial charge is 0.508 e. The zero-order valence-corrected chi connectivity index (χ0v) is 10.6. The molecule has 0 aromatic heterocycles. The first-order valence-electron chi connectivity index (χ1n) is 5.09. The van der Waals surface area contributed by atoms with Crippen molar-refractivity contribution in [1.29, 1.82) is 0 Å². The maximum Gasteiger partial charge on any atom is 0.238 e. The lowest BCUT2D eigenvalue weighted by Gasteiger charge is -2.11. The van der Waals surface area contributed by atoms with Crippen molar-refractivity contribution < 1.29 is 9.90 Å². The lowest BCUT2D eigenvalue weighted by atomic mass is 10.2. The van der Waals surface area contributed by atoms with Gasteiger partial charge in [-0.2, -0.15) is 0 Å². The summed E-state index contributed by atoms with van der Waals surface area (Å²) in [6.45, 7) is 0.505. The SMILES string of the molecule is O=C1CSC(=S)N1C/C=C/c1ccc(O)cc1. The van der Waals surface area contributed by atoms with Crippen molar-refractivity contribution >= 4 is 40.3 Å². The van der Waals surface area contributed by atoms with Gasteiger partial charge in [-0.3, -0.25) is 9.69 Å². The number of carbonyl (C=O) groups is 1. The summed E-state index contributed by atoms with van der Waals surface area (Å²) in [4.78, 5) is 13.0. The molecule has 0 aliphatic carbocycles. The van der Waals surface area contributed by atoms with E-state index < -0.39 is 0 Å². The molecule has 3 nitrogen and oxygen atoms in total. The minimum absolute atomic E-state index is 0.0651. The summed E-state index contributed by atoms with van der Waals surface area (Å²) in [6, 6.07) is 6.87. The van der Waals surface area contributed by atoms with Gasteiger partial charge in [0.25, 0.3) is 0 Å². The molecule has 17 heavy (non-hydrogen) atoms. The number of phenols is 1. The number of aromatic hydroxyl groups is 1. The van der Waals surface area contributed by atoms with Crippen LogP contribution in [0.2, 0.25) is 0 Å². The third-order valence-electron chi connectivity index (χ3n) is 2.33. The van der Waals surface area contributed by atoms with Gasteiger partial charge in [-0.1, -0.05) is 48.3 Å². The van der Waals surface area contributed by atoms with E-state index in [0.717, 1.165) is 5.56 Å². The Balaban J connectivity index is 1.95. The van der Waals surface area contributed by atoms with Crippen LogP contribution in [0.5, 0.6) is 5.75 Å². The molecule has 1 N–H and O–H groups in total. The highest BCUT2D eigenvalue weighted by Gasteiger charge is 2.24. The number of phenolic OH excluding ortho intramolecular Hbond substituents is 1. The van der Waals surface area contributed by atoms with E-state index in [9.17, 15) is 4.79 Å². The number of rotatable bonds is 3. The van der Waals surface area contributed by atoms with Gasteiger partial charge >= 0.3 is 0 Å². The first-order chi connectivity index (χ1) is 8.16. The van der Waals surface area contributed by atoms with E-state index >= 15 is 0 Å². The standard InChI is InChI=1S/C12H11NO2S2/c14-10-5-3-9(4-6-10)2-1-7-13-11(15)8-17-12(13)16/h1-6,14H,7-8H2/b2-1+. The number of nitrogens with zero attached hydrogens (tertiary/aromatic N) is 1. The predicted molar refractivity (Wildman–Crippen MR) is 73.9 cm³/mol. The Morgan fingerprint density at radius 2 is 2.12 bits per heavy atom. The van der Waals surface area contributed by atoms with Crippen molar-refractivity contribution in [3.63, 3.8) is 0 Å². The van der Waals surface area contributed by atoms with Gasteiger partial charge in [0.2, 0.25) is 5.91 Å². The van der Waals surface area contributed by atoms with E-state index in [4.69, 9.17) is 17.3 Å². The highest BCUT2D eigenvalue weighted by atomic mass is 32.2. The van der Waals surface area contributed by atoms with Crippen LogP contribution in [0.25, 0.3) is 6.08 Å². The van der Waals surface area contributed by atoms with E-state index in [-0.39, 0.29) is 11.7 Å². The Bertz CT molecular complexity index is 452. The third-order valence-corrected chi connectivity index (χ3v) is 3.76. The number of thiocarbonyl (C=S) groups is 1. The maximum atomic E-state index is 11.4. The van der Waals surface area contributed by atoms with E-state index in [2.05, 4.69) is 0 Å². The fraction of sp³-hybridized carbons (Fsp3) is 0.167. The van der Waals surface area contributed by atoms with E-state index in [1.54, 1.807) is 17.0 Å². The summed E-state index contributed by atoms with van der Waals surface area (Å²) < 4.78 is 0.644. The van der Waals surface area contributed by atoms with Gasteiger partial charge in [-0.05, 0) is 17.7 Å². The summed E-state index contributed by atoms with van der Waals surface area (Å²) in [6.07, 6.45) is 3.79. The number of thioether (sulfide) groups is 1. The van der Waals surface area contributed by atoms with Gasteiger partial charge in [0.15, 0.2) is 0 Å². The fourth-order valence-electron chi connectivity index (χ4n) is 1.44. The van der Waals surface area contributed by atoms with Crippen molar-refractivity contribution in [3.05, 3.63) is 35.9 Å². The normalized spacial score (nSPS) is 16.1. The van der Waals surface area contributed by atoms with Crippen molar-refractivity contribution in [1.82, 2.24) is 4.90 Å². The second kappa shape index (κ2) is 5.33. The molecule has 88 valence electrons. The van der Waals surface area contributed by atoms with Crippen LogP contribution in [-0.4, -0.2) is 32.5 Å². The summed E-state index contributed by atoms with van der Waals surface area (Å²) in [7, 11) is 0. The Hall–Kier alpha value is -1.33. The molecule has 0 bridgehead atoms. The lowest BCUT2D eigenvalue weighted by Crippen LogP contribution is -2.28. The first kappa shape index (κ1) is 12.1. The monoisotopic (exact) mass is 265 g/mol. The molecule has 0 radical (unpaired) electrons. The summed E-state index contributed by atoms with van der Waals surface area (Å²) in [5.41, 5.74) is 0.980. The Morgan fingerprint density at radius 1 is 1.41 bits per heavy atom. The predicted octanol–water partition coefficient (Wildman–Crippen LogP) is 2.27. The summed E-state index contributed by atoms with van der Waals surface area (Å²) >= 11 is 6.47. The molecular formula is C12H11NO2S2. The van der Waals surface area contributed by atoms with Gasteiger partial charge < -0.3 is 5.11 Å². The Kier molecular flexibility index (Phi) is 3.81. The van der Waals surface area contributed by atoms with E-state index in [1.807, 2.05) is 24.3 Å². The van der Waals surface area contributed by atoms with Gasteiger partial charge in [0.1, 0.15) is 10.1 Å². The van der Waals surface area contributed by atoms with Crippen molar-refractivity contribution in [2.45, 2.75) is 0 Å². The van der Waals surface area contributed by atoms with Gasteiger partial charge in [0, 0.05) is 6.54 Å². The average Bonchev–Trinajstić information content (AvgIpc) is 2.63. The van der Waals surface area contributed by atoms with Crippen LogP contribution in [0.1, 0.15) is 5.56 Å². The molecule has 1 heterocycles. The minimum Gasteiger partial charge on any atom is -0.508 e. The second-order valence-electron chi connectivity index (χ2n) is 3.55. The molecule has 2 rings (SSSR count). The van der Waals surface area contributed by atoms with Crippen molar-refractivity contribution in [2.75, 3.05) is 12.3 Å². The average molecular weight is 265 g/mol. The molecule has 5 heteroatoms. The van der Waals surface area contributed by atoms with Crippen LogP contribution >= 0.6 is 24.0 Å². The number of hydrogen-bond acceptors (Lipinski definition) is 4. The van der Waals surface area contributed by atoms with Crippen molar-refractivity contribution in [2.24, 2.45) is 0 Å². The molecular weight excluding hydrogens is 254 g/mol. The molecule has 1 aliphatic heterocycles. The molecule has 0 saturated carbocycles. The molecule has 0 spiro atoms. The fourth-order valence-corrected chi connectivity index (χ4v) is 2.53. The van der Waals surface area contributed by atoms with E-state index in [0.29, 0.717) is 16.6 Å². The molecule has 1 aliphatic rings. The molecule has 0 atom stereocenters. The molecule has 1 aromatic rings. The highest BCUT2D eigenvalue weighted by Crippen LogP contribution is 2.19. The van der Waals surface area contributed by atoms with Gasteiger partial charge in [-0.25, -0.2) is 0 Å². The quantitative estimate of drug-likeness (QED) is 0.851. The van der Waals surface area contributed by atoms with Crippen LogP contribution in [0, 0.1) is 0 Å². The Morgan fingerprint density at radius 3 is 2.71 bits per heavy atom. The maximum absolute atomic E-state index is 11.4. The highest BCUT2D eigenvalue weighted by molar-refractivity contribution is 8.23. The van der Waals surface area contributed by atoms with E-state index in [1.165, 1.54) is 11.8 Å². The second-order valence-corrected chi connectivity index (χ2v) is 5.16. The van der Waals surface area contributed by atoms with Crippen LogP contribution in [0.3, 0.4) is 0 Å². The van der Waals surface area contributed by atoms with Crippen molar-refractivity contribution in [3.8, 4) is 5.75 Å². The lowest BCUT2D eigenvalue weighted by molar-refractivity contribution is -0.123. The van der Waals surface area contributed by atoms with Crippen LogP contribution < -0.4 is 0 Å². The molecule has 1 saturated heterocycles. The Labute approximate surface area is 109 Å². The van der Waals surface area contributed by atoms with Gasteiger partial charge in [-0.15, -0.1) is 0 Å². The number of amides is 1.